The zero-order chi connectivity index (χ0) is 24.8. The summed E-state index contributed by atoms with van der Waals surface area (Å²) in [5, 5.41) is 5.17. The standard InChI is InChI=1S/C25H38N2O7/c1-17(6-9-20-12-25(16-32-25)15-24(3,4)34-20)7-11-22-30-13-19(14-31-22)27-21(28)10-8-18(2)33-23(29)26-5/h6-10,18-20,22H,11-16H2,1-5H3,(H,26,29)(H,27,28)/b9-6+,10-8-,17-7+/t18-,19?,20?,22?,25+/m0/s1. The molecular formula is C25H38N2O7. The van der Waals surface area contributed by atoms with Gasteiger partial charge in [0.2, 0.25) is 5.91 Å². The van der Waals surface area contributed by atoms with Crippen molar-refractivity contribution in [1.29, 1.82) is 0 Å². The van der Waals surface area contributed by atoms with Crippen LogP contribution in [0.3, 0.4) is 0 Å². The van der Waals surface area contributed by atoms with Gasteiger partial charge in [0.1, 0.15) is 6.10 Å². The maximum atomic E-state index is 12.1. The van der Waals surface area contributed by atoms with E-state index in [-0.39, 0.29) is 35.5 Å². The molecule has 0 aliphatic carbocycles. The molecule has 190 valence electrons. The van der Waals surface area contributed by atoms with Crippen molar-refractivity contribution in [1.82, 2.24) is 10.6 Å². The Kier molecular flexibility index (Phi) is 8.92. The number of ether oxygens (including phenoxy) is 5. The summed E-state index contributed by atoms with van der Waals surface area (Å²) in [6.45, 7) is 9.51. The highest BCUT2D eigenvalue weighted by molar-refractivity contribution is 5.87. The number of carbonyl (C=O) groups is 2. The lowest BCUT2D eigenvalue weighted by Gasteiger charge is -2.38. The van der Waals surface area contributed by atoms with Crippen LogP contribution in [-0.4, -0.2) is 74.6 Å². The number of rotatable bonds is 8. The summed E-state index contributed by atoms with van der Waals surface area (Å²) in [6.07, 6.45) is 10.2. The molecule has 2 N–H and O–H groups in total. The summed E-state index contributed by atoms with van der Waals surface area (Å²) in [5.41, 5.74) is 0.945. The molecule has 3 rings (SSSR count). The topological polar surface area (TPSA) is 108 Å². The highest BCUT2D eigenvalue weighted by atomic mass is 16.7. The van der Waals surface area contributed by atoms with Crippen LogP contribution in [0, 0.1) is 0 Å². The number of amides is 2. The maximum absolute atomic E-state index is 12.1. The summed E-state index contributed by atoms with van der Waals surface area (Å²) >= 11 is 0. The molecule has 9 heteroatoms. The van der Waals surface area contributed by atoms with Gasteiger partial charge in [0, 0.05) is 32.4 Å². The molecule has 0 aromatic heterocycles. The molecule has 34 heavy (non-hydrogen) atoms. The second-order valence-corrected chi connectivity index (χ2v) is 9.83. The minimum Gasteiger partial charge on any atom is -0.442 e. The highest BCUT2D eigenvalue weighted by Gasteiger charge is 2.53. The van der Waals surface area contributed by atoms with Crippen molar-refractivity contribution in [3.63, 3.8) is 0 Å². The fourth-order valence-electron chi connectivity index (χ4n) is 4.25. The van der Waals surface area contributed by atoms with Gasteiger partial charge in [0.25, 0.3) is 0 Å². The lowest BCUT2D eigenvalue weighted by molar-refractivity contribution is -0.187. The maximum Gasteiger partial charge on any atom is 0.407 e. The molecule has 3 aliphatic heterocycles. The first-order valence-corrected chi connectivity index (χ1v) is 11.9. The molecule has 1 unspecified atom stereocenters. The van der Waals surface area contributed by atoms with E-state index in [4.69, 9.17) is 23.7 Å². The van der Waals surface area contributed by atoms with Crippen LogP contribution in [0.4, 0.5) is 4.79 Å². The predicted molar refractivity (Wildman–Crippen MR) is 126 cm³/mol. The van der Waals surface area contributed by atoms with Crippen molar-refractivity contribution < 1.29 is 33.3 Å². The third kappa shape index (κ3) is 8.54. The van der Waals surface area contributed by atoms with E-state index in [1.165, 1.54) is 19.2 Å². The van der Waals surface area contributed by atoms with Crippen LogP contribution in [0.15, 0.2) is 36.0 Å². The number of epoxide rings is 1. The minimum absolute atomic E-state index is 0.0114. The van der Waals surface area contributed by atoms with Crippen molar-refractivity contribution in [2.24, 2.45) is 0 Å². The van der Waals surface area contributed by atoms with Crippen molar-refractivity contribution in [3.8, 4) is 0 Å². The summed E-state index contributed by atoms with van der Waals surface area (Å²) in [7, 11) is 1.47. The summed E-state index contributed by atoms with van der Waals surface area (Å²) in [4.78, 5) is 23.2. The van der Waals surface area contributed by atoms with Crippen LogP contribution in [0.1, 0.15) is 47.0 Å². The normalized spacial score (nSPS) is 32.0. The van der Waals surface area contributed by atoms with Crippen molar-refractivity contribution in [2.45, 2.75) is 82.7 Å². The number of allylic oxidation sites excluding steroid dienone is 2. The zero-order valence-electron chi connectivity index (χ0n) is 20.8. The van der Waals surface area contributed by atoms with Gasteiger partial charge in [-0.3, -0.25) is 4.79 Å². The molecule has 0 aromatic rings. The van der Waals surface area contributed by atoms with Crippen LogP contribution >= 0.6 is 0 Å². The molecule has 0 saturated carbocycles. The molecule has 0 radical (unpaired) electrons. The first kappa shape index (κ1) is 26.4. The van der Waals surface area contributed by atoms with E-state index in [1.807, 2.05) is 6.92 Å². The van der Waals surface area contributed by atoms with E-state index in [2.05, 4.69) is 42.7 Å². The van der Waals surface area contributed by atoms with Gasteiger partial charge in [-0.05, 0) is 33.8 Å². The van der Waals surface area contributed by atoms with Gasteiger partial charge >= 0.3 is 6.09 Å². The summed E-state index contributed by atoms with van der Waals surface area (Å²) in [6, 6.07) is -0.239. The Balaban J connectivity index is 1.35. The summed E-state index contributed by atoms with van der Waals surface area (Å²) < 4.78 is 28.4. The molecule has 0 bridgehead atoms. The molecule has 3 atom stereocenters. The van der Waals surface area contributed by atoms with Gasteiger partial charge in [-0.15, -0.1) is 0 Å². The van der Waals surface area contributed by atoms with E-state index < -0.39 is 12.2 Å². The van der Waals surface area contributed by atoms with Gasteiger partial charge in [-0.25, -0.2) is 4.79 Å². The zero-order valence-corrected chi connectivity index (χ0v) is 20.8. The molecule has 3 aliphatic rings. The van der Waals surface area contributed by atoms with Gasteiger partial charge in [0.05, 0.1) is 43.2 Å². The Morgan fingerprint density at radius 1 is 1.21 bits per heavy atom. The first-order chi connectivity index (χ1) is 16.1. The average Bonchev–Trinajstić information content (AvgIpc) is 3.51. The number of hydrogen-bond donors (Lipinski definition) is 2. The Labute approximate surface area is 201 Å². The fourth-order valence-corrected chi connectivity index (χ4v) is 4.25. The van der Waals surface area contributed by atoms with Gasteiger partial charge in [-0.2, -0.15) is 0 Å². The Morgan fingerprint density at radius 2 is 1.91 bits per heavy atom. The Bertz CT molecular complexity index is 802. The number of hydrogen-bond acceptors (Lipinski definition) is 7. The lowest BCUT2D eigenvalue weighted by Crippen LogP contribution is -2.46. The van der Waals surface area contributed by atoms with Crippen molar-refractivity contribution >= 4 is 12.0 Å². The number of alkyl carbamates (subject to hydrolysis) is 1. The van der Waals surface area contributed by atoms with Gasteiger partial charge in [-0.1, -0.05) is 23.8 Å². The molecule has 3 heterocycles. The number of nitrogens with one attached hydrogen (secondary N) is 2. The third-order valence-corrected chi connectivity index (χ3v) is 5.88. The largest absolute Gasteiger partial charge is 0.442 e. The smallest absolute Gasteiger partial charge is 0.407 e. The van der Waals surface area contributed by atoms with Crippen LogP contribution < -0.4 is 10.6 Å². The molecule has 3 saturated heterocycles. The number of carbonyl (C=O) groups excluding carboxylic acids is 2. The van der Waals surface area contributed by atoms with Crippen LogP contribution in [0.25, 0.3) is 0 Å². The fraction of sp³-hybridized carbons (Fsp3) is 0.680. The van der Waals surface area contributed by atoms with E-state index in [0.717, 1.165) is 25.0 Å². The third-order valence-electron chi connectivity index (χ3n) is 5.88. The Morgan fingerprint density at radius 3 is 2.56 bits per heavy atom. The molecule has 1 spiro atoms. The summed E-state index contributed by atoms with van der Waals surface area (Å²) in [5.74, 6) is -0.296. The second-order valence-electron chi connectivity index (χ2n) is 9.83. The lowest BCUT2D eigenvalue weighted by atomic mass is 9.85. The van der Waals surface area contributed by atoms with Gasteiger partial charge < -0.3 is 34.3 Å². The van der Waals surface area contributed by atoms with Gasteiger partial charge in [0.15, 0.2) is 6.29 Å². The van der Waals surface area contributed by atoms with Crippen LogP contribution in [0.2, 0.25) is 0 Å². The van der Waals surface area contributed by atoms with Crippen molar-refractivity contribution in [2.75, 3.05) is 26.9 Å². The van der Waals surface area contributed by atoms with Crippen LogP contribution in [-0.2, 0) is 28.5 Å². The average molecular weight is 479 g/mol. The monoisotopic (exact) mass is 478 g/mol. The highest BCUT2D eigenvalue weighted by Crippen LogP contribution is 2.46. The molecular weight excluding hydrogens is 440 g/mol. The quantitative estimate of drug-likeness (QED) is 0.314. The van der Waals surface area contributed by atoms with E-state index in [0.29, 0.717) is 19.6 Å². The van der Waals surface area contributed by atoms with Crippen LogP contribution in [0.5, 0.6) is 0 Å². The second kappa shape index (κ2) is 11.5. The minimum atomic E-state index is -0.551. The van der Waals surface area contributed by atoms with E-state index in [1.54, 1.807) is 6.92 Å². The molecule has 9 nitrogen and oxygen atoms in total. The van der Waals surface area contributed by atoms with E-state index >= 15 is 0 Å². The molecule has 0 aromatic carbocycles. The Hall–Kier alpha value is -2.20. The molecule has 3 fully saturated rings. The first-order valence-electron chi connectivity index (χ1n) is 11.9. The predicted octanol–water partition coefficient (Wildman–Crippen LogP) is 2.76. The van der Waals surface area contributed by atoms with Crippen molar-refractivity contribution in [3.05, 3.63) is 36.0 Å². The SMILES string of the molecule is CNC(=O)O[C@@H](C)/C=C\C(=O)NC1COC(C/C=C(C)/C=C/C2C[C@]3(CO3)CC(C)(C)O2)OC1. The van der Waals surface area contributed by atoms with E-state index in [9.17, 15) is 9.59 Å². The molecule has 2 amide bonds.